The van der Waals surface area contributed by atoms with Gasteiger partial charge in [-0.3, -0.25) is 0 Å². The van der Waals surface area contributed by atoms with Crippen LogP contribution in [0.1, 0.15) is 36.1 Å². The van der Waals surface area contributed by atoms with Crippen LogP contribution in [0.25, 0.3) is 73.7 Å². The highest BCUT2D eigenvalue weighted by atomic mass is 32.1. The van der Waals surface area contributed by atoms with Crippen LogP contribution in [-0.4, -0.2) is 0 Å². The second kappa shape index (κ2) is 9.64. The van der Waals surface area contributed by atoms with Crippen LogP contribution in [0.3, 0.4) is 0 Å². The highest BCUT2D eigenvalue weighted by Gasteiger charge is 2.22. The summed E-state index contributed by atoms with van der Waals surface area (Å²) < 4.78 is 5.66. The first-order valence-corrected chi connectivity index (χ1v) is 17.0. The van der Waals surface area contributed by atoms with Gasteiger partial charge in [0.25, 0.3) is 0 Å². The zero-order chi connectivity index (χ0) is 28.7. The average molecular weight is 587 g/mol. The third-order valence-electron chi connectivity index (χ3n) is 9.49. The molecule has 0 unspecified atom stereocenters. The molecule has 0 N–H and O–H groups in total. The Morgan fingerprint density at radius 3 is 1.30 bits per heavy atom. The molecular weight excluding hydrogens is 557 g/mol. The van der Waals surface area contributed by atoms with Crippen molar-refractivity contribution in [3.63, 3.8) is 0 Å². The summed E-state index contributed by atoms with van der Waals surface area (Å²) >= 11 is 3.92. The van der Waals surface area contributed by atoms with E-state index in [-0.39, 0.29) is 0 Å². The molecule has 9 rings (SSSR count). The Balaban J connectivity index is 1.20. The van der Waals surface area contributed by atoms with E-state index in [9.17, 15) is 0 Å². The Morgan fingerprint density at radius 2 is 0.860 bits per heavy atom. The standard InChI is InChI=1S/C41H30S2/c1-3-24-9-5-13-32-34-15-7-11-30(40(34)42-38(24)32)28-19-17-26-21-27-18-20-29(23-37(27)36(26)22-28)31-12-8-16-35-33-14-6-10-25(4-2)39(33)43-41(31)35/h5-20,22-23H,3-4,21H2,1-2H3. The summed E-state index contributed by atoms with van der Waals surface area (Å²) in [4.78, 5) is 0. The van der Waals surface area contributed by atoms with Crippen molar-refractivity contribution in [3.05, 3.63) is 131 Å². The summed E-state index contributed by atoms with van der Waals surface area (Å²) in [6.45, 7) is 4.52. The molecule has 0 saturated carbocycles. The van der Waals surface area contributed by atoms with Gasteiger partial charge in [0.15, 0.2) is 0 Å². The molecule has 0 saturated heterocycles. The first-order chi connectivity index (χ1) is 21.2. The molecule has 0 nitrogen and oxygen atoms in total. The van der Waals surface area contributed by atoms with E-state index in [0.717, 1.165) is 19.3 Å². The second-order valence-corrected chi connectivity index (χ2v) is 13.8. The van der Waals surface area contributed by atoms with Gasteiger partial charge in [-0.1, -0.05) is 111 Å². The summed E-state index contributed by atoms with van der Waals surface area (Å²) in [7, 11) is 0. The van der Waals surface area contributed by atoms with Gasteiger partial charge in [-0.15, -0.1) is 22.7 Å². The third-order valence-corrected chi connectivity index (χ3v) is 12.1. The molecule has 1 aliphatic rings. The lowest BCUT2D eigenvalue weighted by atomic mass is 9.95. The molecule has 1 aliphatic carbocycles. The molecule has 2 aromatic heterocycles. The zero-order valence-electron chi connectivity index (χ0n) is 24.3. The molecule has 8 aromatic rings. The van der Waals surface area contributed by atoms with Crippen molar-refractivity contribution in [2.75, 3.05) is 0 Å². The van der Waals surface area contributed by atoms with E-state index in [4.69, 9.17) is 0 Å². The molecule has 43 heavy (non-hydrogen) atoms. The topological polar surface area (TPSA) is 0 Å². The van der Waals surface area contributed by atoms with Crippen LogP contribution in [0.5, 0.6) is 0 Å². The third kappa shape index (κ3) is 3.73. The molecule has 0 bridgehead atoms. The molecule has 0 aliphatic heterocycles. The predicted octanol–water partition coefficient (Wildman–Crippen LogP) is 12.5. The van der Waals surface area contributed by atoms with Gasteiger partial charge in [-0.2, -0.15) is 0 Å². The van der Waals surface area contributed by atoms with Crippen LogP contribution in [0.15, 0.2) is 109 Å². The van der Waals surface area contributed by atoms with Crippen molar-refractivity contribution in [3.8, 4) is 33.4 Å². The molecule has 2 heteroatoms. The summed E-state index contributed by atoms with van der Waals surface area (Å²) in [5.74, 6) is 0. The van der Waals surface area contributed by atoms with E-state index < -0.39 is 0 Å². The molecule has 2 heterocycles. The highest BCUT2D eigenvalue weighted by Crippen LogP contribution is 2.46. The molecular formula is C41H30S2. The van der Waals surface area contributed by atoms with E-state index in [1.807, 2.05) is 22.7 Å². The lowest BCUT2D eigenvalue weighted by Crippen LogP contribution is -1.84. The maximum absolute atomic E-state index is 2.46. The van der Waals surface area contributed by atoms with Crippen molar-refractivity contribution in [2.45, 2.75) is 33.1 Å². The molecule has 0 radical (unpaired) electrons. The number of thiophene rings is 2. The Kier molecular flexibility index (Phi) is 5.67. The highest BCUT2D eigenvalue weighted by molar-refractivity contribution is 7.27. The fourth-order valence-electron chi connectivity index (χ4n) is 7.27. The van der Waals surface area contributed by atoms with Crippen LogP contribution < -0.4 is 0 Å². The van der Waals surface area contributed by atoms with Crippen molar-refractivity contribution in [1.29, 1.82) is 0 Å². The maximum Gasteiger partial charge on any atom is 0.0433 e. The molecule has 0 spiro atoms. The average Bonchev–Trinajstić information content (AvgIpc) is 3.75. The van der Waals surface area contributed by atoms with Crippen molar-refractivity contribution >= 4 is 63.0 Å². The minimum Gasteiger partial charge on any atom is -0.134 e. The lowest BCUT2D eigenvalue weighted by molar-refractivity contribution is 1.16. The van der Waals surface area contributed by atoms with Crippen molar-refractivity contribution < 1.29 is 0 Å². The number of fused-ring (bicyclic) bond motifs is 9. The summed E-state index contributed by atoms with van der Waals surface area (Å²) in [5.41, 5.74) is 13.8. The van der Waals surface area contributed by atoms with Gasteiger partial charge < -0.3 is 0 Å². The van der Waals surface area contributed by atoms with E-state index in [1.54, 1.807) is 0 Å². The van der Waals surface area contributed by atoms with E-state index >= 15 is 0 Å². The Bertz CT molecular complexity index is 2230. The summed E-state index contributed by atoms with van der Waals surface area (Å²) in [6, 6.07) is 41.6. The number of benzene rings is 6. The summed E-state index contributed by atoms with van der Waals surface area (Å²) in [6.07, 6.45) is 3.13. The van der Waals surface area contributed by atoms with Crippen LogP contribution in [0, 0.1) is 0 Å². The Labute approximate surface area is 259 Å². The quantitative estimate of drug-likeness (QED) is 0.192. The molecule has 206 valence electrons. The number of hydrogen-bond acceptors (Lipinski definition) is 2. The van der Waals surface area contributed by atoms with Gasteiger partial charge >= 0.3 is 0 Å². The normalized spacial score (nSPS) is 12.5. The monoisotopic (exact) mass is 586 g/mol. The minimum atomic E-state index is 1.01. The molecule has 0 fully saturated rings. The number of rotatable bonds is 4. The number of aryl methyl sites for hydroxylation is 2. The van der Waals surface area contributed by atoms with Crippen LogP contribution >= 0.6 is 22.7 Å². The summed E-state index contributed by atoms with van der Waals surface area (Å²) in [5, 5.41) is 5.52. The van der Waals surface area contributed by atoms with Gasteiger partial charge in [-0.05, 0) is 87.0 Å². The van der Waals surface area contributed by atoms with Crippen molar-refractivity contribution in [1.82, 2.24) is 0 Å². The van der Waals surface area contributed by atoms with Crippen molar-refractivity contribution in [2.24, 2.45) is 0 Å². The zero-order valence-corrected chi connectivity index (χ0v) is 26.0. The predicted molar refractivity (Wildman–Crippen MR) is 190 cm³/mol. The van der Waals surface area contributed by atoms with Gasteiger partial charge in [0.2, 0.25) is 0 Å². The fraction of sp³-hybridized carbons (Fsp3) is 0.122. The lowest BCUT2D eigenvalue weighted by Gasteiger charge is -2.10. The van der Waals surface area contributed by atoms with Gasteiger partial charge in [0.1, 0.15) is 0 Å². The minimum absolute atomic E-state index is 1.01. The van der Waals surface area contributed by atoms with Gasteiger partial charge in [-0.25, -0.2) is 0 Å². The van der Waals surface area contributed by atoms with E-state index in [2.05, 4.69) is 123 Å². The largest absolute Gasteiger partial charge is 0.134 e. The van der Waals surface area contributed by atoms with E-state index in [0.29, 0.717) is 0 Å². The molecule has 0 atom stereocenters. The first-order valence-electron chi connectivity index (χ1n) is 15.3. The Morgan fingerprint density at radius 1 is 0.442 bits per heavy atom. The van der Waals surface area contributed by atoms with Gasteiger partial charge in [0.05, 0.1) is 0 Å². The molecule has 0 amide bonds. The Hall–Kier alpha value is -4.24. The SMILES string of the molecule is CCc1cccc2c1sc1c(-c3ccc4c(c3)-c3cc(-c5cccc6c5sc5c(CC)cccc56)ccc3C4)cccc12. The van der Waals surface area contributed by atoms with Gasteiger partial charge in [0, 0.05) is 40.3 Å². The van der Waals surface area contributed by atoms with Crippen LogP contribution in [0.2, 0.25) is 0 Å². The second-order valence-electron chi connectivity index (χ2n) is 11.8. The van der Waals surface area contributed by atoms with Crippen LogP contribution in [-0.2, 0) is 19.3 Å². The van der Waals surface area contributed by atoms with Crippen LogP contribution in [0.4, 0.5) is 0 Å². The number of hydrogen-bond donors (Lipinski definition) is 0. The fourth-order valence-corrected chi connectivity index (χ4v) is 10.1. The first kappa shape index (κ1) is 25.3. The smallest absolute Gasteiger partial charge is 0.0433 e. The molecule has 6 aromatic carbocycles. The maximum atomic E-state index is 2.46. The van der Waals surface area contributed by atoms with E-state index in [1.165, 1.54) is 96.0 Å².